The zero-order valence-corrected chi connectivity index (χ0v) is 19.5. The summed E-state index contributed by atoms with van der Waals surface area (Å²) in [5, 5.41) is 3.84. The van der Waals surface area contributed by atoms with Crippen LogP contribution in [-0.2, 0) is 23.4 Å². The highest BCUT2D eigenvalue weighted by Gasteiger charge is 2.21. The largest absolute Gasteiger partial charge is 0.355 e. The summed E-state index contributed by atoms with van der Waals surface area (Å²) >= 11 is 3.31. The molecule has 0 saturated carbocycles. The second kappa shape index (κ2) is 9.62. The Balaban J connectivity index is 1.48. The molecule has 0 radical (unpaired) electrons. The molecule has 6 nitrogen and oxygen atoms in total. The summed E-state index contributed by atoms with van der Waals surface area (Å²) in [5.41, 5.74) is 1.26. The molecule has 0 spiro atoms. The Morgan fingerprint density at radius 2 is 2.07 bits per heavy atom. The number of fused-ring (bicyclic) bond motifs is 3. The molecule has 0 aromatic carbocycles. The van der Waals surface area contributed by atoms with E-state index in [9.17, 15) is 9.59 Å². The summed E-state index contributed by atoms with van der Waals surface area (Å²) in [6.07, 6.45) is 4.90. The number of aromatic nitrogens is 2. The van der Waals surface area contributed by atoms with Gasteiger partial charge >= 0.3 is 0 Å². The molecule has 8 heteroatoms. The monoisotopic (exact) mass is 436 g/mol. The molecule has 2 aromatic heterocycles. The highest BCUT2D eigenvalue weighted by Crippen LogP contribution is 2.33. The summed E-state index contributed by atoms with van der Waals surface area (Å²) in [6.45, 7) is 5.91. The number of carbonyl (C=O) groups excluding carboxylic acids is 1. The predicted octanol–water partition coefficient (Wildman–Crippen LogP) is 3.19. The maximum absolute atomic E-state index is 12.6. The van der Waals surface area contributed by atoms with E-state index in [4.69, 9.17) is 4.98 Å². The van der Waals surface area contributed by atoms with E-state index in [0.29, 0.717) is 30.3 Å². The van der Waals surface area contributed by atoms with Crippen molar-refractivity contribution >= 4 is 39.2 Å². The van der Waals surface area contributed by atoms with Gasteiger partial charge in [-0.1, -0.05) is 13.8 Å². The van der Waals surface area contributed by atoms with E-state index >= 15 is 0 Å². The van der Waals surface area contributed by atoms with E-state index < -0.39 is 0 Å². The number of hydrogen-bond acceptors (Lipinski definition) is 6. The molecule has 0 saturated heterocycles. The van der Waals surface area contributed by atoms with Crippen molar-refractivity contribution in [3.8, 4) is 0 Å². The van der Waals surface area contributed by atoms with Gasteiger partial charge in [-0.05, 0) is 50.8 Å². The number of aromatic amines is 1. The van der Waals surface area contributed by atoms with Crippen LogP contribution < -0.4 is 10.9 Å². The molecule has 0 bridgehead atoms. The number of hydrogen-bond donors (Lipinski definition) is 2. The number of nitrogens with zero attached hydrogens (tertiary/aromatic N) is 2. The molecule has 0 fully saturated rings. The van der Waals surface area contributed by atoms with Gasteiger partial charge in [-0.15, -0.1) is 11.3 Å². The number of carbonyl (C=O) groups is 1. The van der Waals surface area contributed by atoms with E-state index in [1.165, 1.54) is 16.9 Å². The van der Waals surface area contributed by atoms with Crippen molar-refractivity contribution in [2.75, 3.05) is 32.9 Å². The Morgan fingerprint density at radius 3 is 2.83 bits per heavy atom. The van der Waals surface area contributed by atoms with Gasteiger partial charge in [0.2, 0.25) is 5.91 Å². The first-order valence-corrected chi connectivity index (χ1v) is 12.2. The topological polar surface area (TPSA) is 78.1 Å². The van der Waals surface area contributed by atoms with E-state index in [2.05, 4.69) is 29.0 Å². The fraction of sp³-hybridized carbons (Fsp3) is 0.667. The van der Waals surface area contributed by atoms with Crippen LogP contribution in [0.15, 0.2) is 4.79 Å². The van der Waals surface area contributed by atoms with Gasteiger partial charge in [0.1, 0.15) is 10.7 Å². The lowest BCUT2D eigenvalue weighted by molar-refractivity contribution is -0.121. The van der Waals surface area contributed by atoms with Gasteiger partial charge in [-0.25, -0.2) is 4.98 Å². The van der Waals surface area contributed by atoms with E-state index in [1.54, 1.807) is 23.1 Å². The third-order valence-corrected chi connectivity index (χ3v) is 7.25. The van der Waals surface area contributed by atoms with E-state index in [-0.39, 0.29) is 16.9 Å². The van der Waals surface area contributed by atoms with Gasteiger partial charge < -0.3 is 15.2 Å². The van der Waals surface area contributed by atoms with Gasteiger partial charge in [0.05, 0.1) is 11.1 Å². The lowest BCUT2D eigenvalue weighted by atomic mass is 9.93. The first-order valence-electron chi connectivity index (χ1n) is 10.3. The summed E-state index contributed by atoms with van der Waals surface area (Å²) in [4.78, 5) is 36.7. The summed E-state index contributed by atoms with van der Waals surface area (Å²) < 4.78 is 0. The Kier molecular flexibility index (Phi) is 7.40. The molecule has 2 aromatic rings. The molecule has 2 N–H and O–H groups in total. The molecule has 1 aliphatic carbocycles. The smallest absolute Gasteiger partial charge is 0.259 e. The number of amides is 1. The Morgan fingerprint density at radius 1 is 1.31 bits per heavy atom. The standard InChI is InChI=1S/C21H32N4O2S2/c1-21(2,13-25(3)4)12-22-17(26)9-10-28-11-16-23-19(27)18-14-7-5-6-8-15(14)29-20(18)24-16/h5-13H2,1-4H3,(H,22,26)(H,23,24,27). The van der Waals surface area contributed by atoms with Crippen LogP contribution in [0.2, 0.25) is 0 Å². The third kappa shape index (κ3) is 6.06. The number of thiophene rings is 1. The average molecular weight is 437 g/mol. The van der Waals surface area contributed by atoms with E-state index in [0.717, 1.165) is 36.0 Å². The molecular formula is C21H32N4O2S2. The number of H-pyrrole nitrogens is 1. The summed E-state index contributed by atoms with van der Waals surface area (Å²) in [7, 11) is 4.09. The molecule has 2 heterocycles. The predicted molar refractivity (Wildman–Crippen MR) is 123 cm³/mol. The molecule has 0 aliphatic heterocycles. The van der Waals surface area contributed by atoms with Crippen molar-refractivity contribution in [3.05, 3.63) is 26.6 Å². The quantitative estimate of drug-likeness (QED) is 0.590. The van der Waals surface area contributed by atoms with Crippen molar-refractivity contribution in [3.63, 3.8) is 0 Å². The highest BCUT2D eigenvalue weighted by molar-refractivity contribution is 7.98. The lowest BCUT2D eigenvalue weighted by Gasteiger charge is -2.28. The first-order chi connectivity index (χ1) is 13.7. The van der Waals surface area contributed by atoms with Crippen LogP contribution in [0.25, 0.3) is 10.2 Å². The normalized spacial score (nSPS) is 14.4. The van der Waals surface area contributed by atoms with Crippen molar-refractivity contribution in [1.29, 1.82) is 0 Å². The van der Waals surface area contributed by atoms with E-state index in [1.807, 2.05) is 14.1 Å². The summed E-state index contributed by atoms with van der Waals surface area (Å²) in [6, 6.07) is 0. The Labute approximate surface area is 180 Å². The van der Waals surface area contributed by atoms with Gasteiger partial charge in [-0.3, -0.25) is 9.59 Å². The van der Waals surface area contributed by atoms with Gasteiger partial charge in [-0.2, -0.15) is 11.8 Å². The molecule has 160 valence electrons. The minimum Gasteiger partial charge on any atom is -0.355 e. The van der Waals surface area contributed by atoms with Crippen LogP contribution >= 0.6 is 23.1 Å². The lowest BCUT2D eigenvalue weighted by Crippen LogP contribution is -2.40. The molecule has 29 heavy (non-hydrogen) atoms. The maximum Gasteiger partial charge on any atom is 0.259 e. The number of nitrogens with one attached hydrogen (secondary N) is 2. The zero-order valence-electron chi connectivity index (χ0n) is 17.9. The minimum atomic E-state index is -0.00846. The molecular weight excluding hydrogens is 404 g/mol. The van der Waals surface area contributed by atoms with Crippen molar-refractivity contribution in [2.24, 2.45) is 5.41 Å². The van der Waals surface area contributed by atoms with Gasteiger partial charge in [0, 0.05) is 30.1 Å². The average Bonchev–Trinajstić information content (AvgIpc) is 3.01. The van der Waals surface area contributed by atoms with Crippen LogP contribution in [0.3, 0.4) is 0 Å². The van der Waals surface area contributed by atoms with Crippen LogP contribution in [0.4, 0.5) is 0 Å². The molecule has 0 atom stereocenters. The number of rotatable bonds is 9. The molecule has 3 rings (SSSR count). The maximum atomic E-state index is 12.6. The van der Waals surface area contributed by atoms with Crippen LogP contribution in [0.5, 0.6) is 0 Å². The molecule has 1 amide bonds. The summed E-state index contributed by atoms with van der Waals surface area (Å²) in [5.74, 6) is 2.11. The fourth-order valence-corrected chi connectivity index (χ4v) is 6.03. The molecule has 1 aliphatic rings. The Hall–Kier alpha value is -1.38. The van der Waals surface area contributed by atoms with Crippen molar-refractivity contribution in [2.45, 2.75) is 51.7 Å². The second-order valence-electron chi connectivity index (χ2n) is 8.88. The second-order valence-corrected chi connectivity index (χ2v) is 11.1. The third-order valence-electron chi connectivity index (χ3n) is 5.09. The van der Waals surface area contributed by atoms with Crippen LogP contribution in [-0.4, -0.2) is 53.7 Å². The van der Waals surface area contributed by atoms with Crippen LogP contribution in [0, 0.1) is 5.41 Å². The van der Waals surface area contributed by atoms with Crippen molar-refractivity contribution < 1.29 is 4.79 Å². The first kappa shape index (κ1) is 22.3. The number of thioether (sulfide) groups is 1. The van der Waals surface area contributed by atoms with Crippen LogP contribution in [0.1, 0.15) is 49.4 Å². The zero-order chi connectivity index (χ0) is 21.0. The fourth-order valence-electron chi connectivity index (χ4n) is 3.95. The van der Waals surface area contributed by atoms with Gasteiger partial charge in [0.25, 0.3) is 5.56 Å². The van der Waals surface area contributed by atoms with Gasteiger partial charge in [0.15, 0.2) is 0 Å². The SMILES string of the molecule is CN(C)CC(C)(C)CNC(=O)CCSCc1nc2sc3c(c2c(=O)[nH]1)CCCC3. The Bertz CT molecular complexity index is 917. The minimum absolute atomic E-state index is 0.00846. The molecule has 0 unspecified atom stereocenters. The highest BCUT2D eigenvalue weighted by atomic mass is 32.2. The number of aryl methyl sites for hydroxylation is 2. The van der Waals surface area contributed by atoms with Crippen molar-refractivity contribution in [1.82, 2.24) is 20.2 Å².